The number of hydrogen-bond acceptors (Lipinski definition) is 2. The molecule has 16 heavy (non-hydrogen) atoms. The number of rotatable bonds is 3. The Labute approximate surface area is 96.5 Å². The van der Waals surface area contributed by atoms with Crippen LogP contribution in [0.25, 0.3) is 11.0 Å². The van der Waals surface area contributed by atoms with Gasteiger partial charge >= 0.3 is 0 Å². The lowest BCUT2D eigenvalue weighted by atomic mass is 9.94. The average Bonchev–Trinajstić information content (AvgIpc) is 2.70. The average molecular weight is 217 g/mol. The van der Waals surface area contributed by atoms with Crippen LogP contribution < -0.4 is 5.32 Å². The quantitative estimate of drug-likeness (QED) is 0.856. The molecule has 0 fully saturated rings. The van der Waals surface area contributed by atoms with Crippen LogP contribution in [0.2, 0.25) is 0 Å². The molecule has 0 amide bonds. The third-order valence-corrected chi connectivity index (χ3v) is 3.31. The second kappa shape index (κ2) is 3.91. The number of hydrogen-bond donors (Lipinski definition) is 1. The fourth-order valence-corrected chi connectivity index (χ4v) is 1.85. The summed E-state index contributed by atoms with van der Waals surface area (Å²) in [6, 6.07) is 6.49. The first kappa shape index (κ1) is 11.1. The Morgan fingerprint density at radius 3 is 2.75 bits per heavy atom. The van der Waals surface area contributed by atoms with Gasteiger partial charge in [-0.2, -0.15) is 0 Å². The Morgan fingerprint density at radius 2 is 2.12 bits per heavy atom. The summed E-state index contributed by atoms with van der Waals surface area (Å²) >= 11 is 0. The van der Waals surface area contributed by atoms with Crippen molar-refractivity contribution in [2.45, 2.75) is 32.9 Å². The van der Waals surface area contributed by atoms with Gasteiger partial charge in [-0.3, -0.25) is 0 Å². The van der Waals surface area contributed by atoms with Crippen LogP contribution in [0.3, 0.4) is 0 Å². The van der Waals surface area contributed by atoms with E-state index in [4.69, 9.17) is 0 Å². The fraction of sp³-hybridized carbons (Fsp3) is 0.462. The highest BCUT2D eigenvalue weighted by Crippen LogP contribution is 2.23. The van der Waals surface area contributed by atoms with Crippen LogP contribution in [-0.2, 0) is 12.1 Å². The van der Waals surface area contributed by atoms with E-state index in [-0.39, 0.29) is 5.54 Å². The summed E-state index contributed by atoms with van der Waals surface area (Å²) in [6.45, 7) is 7.44. The van der Waals surface area contributed by atoms with Crippen LogP contribution in [0.1, 0.15) is 26.3 Å². The maximum absolute atomic E-state index is 4.43. The van der Waals surface area contributed by atoms with Crippen molar-refractivity contribution in [1.29, 1.82) is 0 Å². The Hall–Kier alpha value is -1.35. The number of fused-ring (bicyclic) bond motifs is 1. The van der Waals surface area contributed by atoms with Crippen LogP contribution in [0.15, 0.2) is 24.5 Å². The van der Waals surface area contributed by atoms with E-state index in [9.17, 15) is 0 Å². The normalized spacial score (nSPS) is 12.2. The molecule has 0 aliphatic carbocycles. The van der Waals surface area contributed by atoms with E-state index in [2.05, 4.69) is 53.8 Å². The first-order valence-electron chi connectivity index (χ1n) is 5.72. The van der Waals surface area contributed by atoms with Gasteiger partial charge in [0.1, 0.15) is 0 Å². The molecule has 1 N–H and O–H groups in total. The summed E-state index contributed by atoms with van der Waals surface area (Å²) in [5.41, 5.74) is 3.54. The van der Waals surface area contributed by atoms with Crippen molar-refractivity contribution >= 4 is 11.0 Å². The van der Waals surface area contributed by atoms with Crippen LogP contribution in [0.4, 0.5) is 0 Å². The molecule has 1 aromatic heterocycles. The SMILES string of the molecule is CCn1cnc2cc(C(C)(C)NC)ccc21. The zero-order valence-electron chi connectivity index (χ0n) is 10.4. The molecule has 0 spiro atoms. The van der Waals surface area contributed by atoms with Gasteiger partial charge in [-0.05, 0) is 45.5 Å². The van der Waals surface area contributed by atoms with E-state index in [0.29, 0.717) is 0 Å². The molecule has 1 aromatic carbocycles. The van der Waals surface area contributed by atoms with Gasteiger partial charge in [0.25, 0.3) is 0 Å². The van der Waals surface area contributed by atoms with Crippen LogP contribution in [0, 0.1) is 0 Å². The second-order valence-electron chi connectivity index (χ2n) is 4.61. The molecule has 2 rings (SSSR count). The largest absolute Gasteiger partial charge is 0.331 e. The number of imidazole rings is 1. The molecule has 2 aromatic rings. The van der Waals surface area contributed by atoms with Crippen molar-refractivity contribution in [3.63, 3.8) is 0 Å². The van der Waals surface area contributed by atoms with E-state index in [1.165, 1.54) is 11.1 Å². The molecule has 1 heterocycles. The van der Waals surface area contributed by atoms with Gasteiger partial charge in [0.2, 0.25) is 0 Å². The van der Waals surface area contributed by atoms with Crippen molar-refractivity contribution in [2.75, 3.05) is 7.05 Å². The Bertz CT molecular complexity index is 497. The van der Waals surface area contributed by atoms with Gasteiger partial charge in [-0.1, -0.05) is 6.07 Å². The number of benzene rings is 1. The van der Waals surface area contributed by atoms with E-state index in [1.807, 2.05) is 13.4 Å². The van der Waals surface area contributed by atoms with Crippen molar-refractivity contribution in [3.05, 3.63) is 30.1 Å². The zero-order chi connectivity index (χ0) is 11.8. The molecule has 0 aliphatic rings. The molecule has 86 valence electrons. The van der Waals surface area contributed by atoms with Gasteiger partial charge in [-0.15, -0.1) is 0 Å². The van der Waals surface area contributed by atoms with Crippen molar-refractivity contribution in [1.82, 2.24) is 14.9 Å². The van der Waals surface area contributed by atoms with E-state index in [1.54, 1.807) is 0 Å². The van der Waals surface area contributed by atoms with Gasteiger partial charge < -0.3 is 9.88 Å². The molecule has 0 bridgehead atoms. The molecule has 0 unspecified atom stereocenters. The highest BCUT2D eigenvalue weighted by atomic mass is 15.0. The number of aryl methyl sites for hydroxylation is 1. The minimum absolute atomic E-state index is 0.00974. The minimum Gasteiger partial charge on any atom is -0.331 e. The van der Waals surface area contributed by atoms with E-state index >= 15 is 0 Å². The van der Waals surface area contributed by atoms with E-state index < -0.39 is 0 Å². The Kier molecular flexibility index (Phi) is 2.72. The van der Waals surface area contributed by atoms with Crippen molar-refractivity contribution < 1.29 is 0 Å². The lowest BCUT2D eigenvalue weighted by molar-refractivity contribution is 0.445. The molecule has 0 atom stereocenters. The Morgan fingerprint density at radius 1 is 1.38 bits per heavy atom. The maximum Gasteiger partial charge on any atom is 0.0958 e. The summed E-state index contributed by atoms with van der Waals surface area (Å²) in [5.74, 6) is 0. The third kappa shape index (κ3) is 1.71. The molecule has 3 nitrogen and oxygen atoms in total. The molecular formula is C13H19N3. The summed E-state index contributed by atoms with van der Waals surface area (Å²) < 4.78 is 2.16. The van der Waals surface area contributed by atoms with Crippen LogP contribution in [-0.4, -0.2) is 16.6 Å². The first-order chi connectivity index (χ1) is 7.58. The molecule has 3 heteroatoms. The summed E-state index contributed by atoms with van der Waals surface area (Å²) in [6.07, 6.45) is 1.90. The molecular weight excluding hydrogens is 198 g/mol. The van der Waals surface area contributed by atoms with Gasteiger partial charge in [-0.25, -0.2) is 4.98 Å². The fourth-order valence-electron chi connectivity index (χ4n) is 1.85. The minimum atomic E-state index is -0.00974. The van der Waals surface area contributed by atoms with Gasteiger partial charge in [0.05, 0.1) is 17.4 Å². The maximum atomic E-state index is 4.43. The summed E-state index contributed by atoms with van der Waals surface area (Å²) in [4.78, 5) is 4.43. The first-order valence-corrected chi connectivity index (χ1v) is 5.72. The monoisotopic (exact) mass is 217 g/mol. The molecule has 0 aliphatic heterocycles. The highest BCUT2D eigenvalue weighted by molar-refractivity contribution is 5.76. The summed E-state index contributed by atoms with van der Waals surface area (Å²) in [7, 11) is 1.98. The van der Waals surface area contributed by atoms with Gasteiger partial charge in [0, 0.05) is 12.1 Å². The topological polar surface area (TPSA) is 29.9 Å². The number of aromatic nitrogens is 2. The number of nitrogens with zero attached hydrogens (tertiary/aromatic N) is 2. The standard InChI is InChI=1S/C13H19N3/c1-5-16-9-15-11-8-10(6-7-12(11)16)13(2,3)14-4/h6-9,14H,5H2,1-4H3. The zero-order valence-corrected chi connectivity index (χ0v) is 10.4. The predicted octanol–water partition coefficient (Wildman–Crippen LogP) is 2.51. The second-order valence-corrected chi connectivity index (χ2v) is 4.61. The van der Waals surface area contributed by atoms with Crippen molar-refractivity contribution in [2.24, 2.45) is 0 Å². The van der Waals surface area contributed by atoms with E-state index in [0.717, 1.165) is 12.1 Å². The smallest absolute Gasteiger partial charge is 0.0958 e. The molecule has 0 saturated carbocycles. The summed E-state index contributed by atoms with van der Waals surface area (Å²) in [5, 5.41) is 3.31. The van der Waals surface area contributed by atoms with Crippen LogP contribution >= 0.6 is 0 Å². The molecule has 0 saturated heterocycles. The third-order valence-electron chi connectivity index (χ3n) is 3.31. The van der Waals surface area contributed by atoms with Gasteiger partial charge in [0.15, 0.2) is 0 Å². The predicted molar refractivity (Wildman–Crippen MR) is 67.5 cm³/mol. The lowest BCUT2D eigenvalue weighted by Crippen LogP contribution is -2.32. The Balaban J connectivity index is 2.53. The van der Waals surface area contributed by atoms with Crippen molar-refractivity contribution in [3.8, 4) is 0 Å². The highest BCUT2D eigenvalue weighted by Gasteiger charge is 2.18. The molecule has 0 radical (unpaired) electrons. The lowest BCUT2D eigenvalue weighted by Gasteiger charge is -2.24. The van der Waals surface area contributed by atoms with Crippen LogP contribution in [0.5, 0.6) is 0 Å². The number of nitrogens with one attached hydrogen (secondary N) is 1.